The molecule has 0 amide bonds. The topological polar surface area (TPSA) is 46.5 Å². The molecule has 1 fully saturated rings. The molecule has 1 aromatic rings. The van der Waals surface area contributed by atoms with E-state index in [1.807, 2.05) is 0 Å². The number of carboxylic acid groups (broad SMARTS) is 1. The molecule has 0 radical (unpaired) electrons. The Kier molecular flexibility index (Phi) is 3.90. The Morgan fingerprint density at radius 2 is 2.22 bits per heavy atom. The van der Waals surface area contributed by atoms with E-state index >= 15 is 0 Å². The summed E-state index contributed by atoms with van der Waals surface area (Å²) in [7, 11) is 0. The van der Waals surface area contributed by atoms with Gasteiger partial charge in [0.2, 0.25) is 0 Å². The van der Waals surface area contributed by atoms with Crippen LogP contribution in [0.1, 0.15) is 37.7 Å². The van der Waals surface area contributed by atoms with E-state index in [-0.39, 0.29) is 6.10 Å². The van der Waals surface area contributed by atoms with Crippen molar-refractivity contribution >= 4 is 21.9 Å². The zero-order chi connectivity index (χ0) is 13.3. The van der Waals surface area contributed by atoms with Crippen molar-refractivity contribution in [1.82, 2.24) is 0 Å². The van der Waals surface area contributed by atoms with E-state index in [0.29, 0.717) is 15.8 Å². The van der Waals surface area contributed by atoms with Crippen molar-refractivity contribution in [1.29, 1.82) is 0 Å². The number of carboxylic acids is 1. The number of hydrogen-bond donors (Lipinski definition) is 1. The van der Waals surface area contributed by atoms with Gasteiger partial charge in [-0.15, -0.1) is 0 Å². The number of carbonyl (C=O) groups is 1. The Bertz CT molecular complexity index is 472. The standard InChI is InChI=1S/C13H14BrFO3/c1-7(13(16)17)10-5-8(15)6-11(14)12(10)18-9-3-2-4-9/h5-7,9H,2-4H2,1H3,(H,16,17). The van der Waals surface area contributed by atoms with Gasteiger partial charge in [0.1, 0.15) is 11.6 Å². The monoisotopic (exact) mass is 316 g/mol. The molecule has 0 heterocycles. The van der Waals surface area contributed by atoms with E-state index in [4.69, 9.17) is 9.84 Å². The van der Waals surface area contributed by atoms with Crippen LogP contribution in [0, 0.1) is 5.82 Å². The zero-order valence-corrected chi connectivity index (χ0v) is 11.5. The van der Waals surface area contributed by atoms with Crippen LogP contribution in [0.4, 0.5) is 4.39 Å². The Labute approximate surface area is 113 Å². The maximum atomic E-state index is 13.4. The number of benzene rings is 1. The van der Waals surface area contributed by atoms with Gasteiger partial charge in [0.25, 0.3) is 0 Å². The van der Waals surface area contributed by atoms with Crippen LogP contribution in [0.2, 0.25) is 0 Å². The molecule has 1 N–H and O–H groups in total. The van der Waals surface area contributed by atoms with E-state index < -0.39 is 17.7 Å². The molecule has 1 aliphatic rings. The molecule has 18 heavy (non-hydrogen) atoms. The average molecular weight is 317 g/mol. The van der Waals surface area contributed by atoms with E-state index in [0.717, 1.165) is 19.3 Å². The summed E-state index contributed by atoms with van der Waals surface area (Å²) >= 11 is 3.24. The molecular weight excluding hydrogens is 303 g/mol. The van der Waals surface area contributed by atoms with Crippen LogP contribution >= 0.6 is 15.9 Å². The summed E-state index contributed by atoms with van der Waals surface area (Å²) in [6, 6.07) is 2.53. The fourth-order valence-electron chi connectivity index (χ4n) is 1.81. The largest absolute Gasteiger partial charge is 0.489 e. The molecule has 2 rings (SSSR count). The van der Waals surface area contributed by atoms with Gasteiger partial charge >= 0.3 is 5.97 Å². The second-order valence-electron chi connectivity index (χ2n) is 4.54. The van der Waals surface area contributed by atoms with Crippen molar-refractivity contribution in [3.05, 3.63) is 28.0 Å². The summed E-state index contributed by atoms with van der Waals surface area (Å²) in [5.74, 6) is -1.81. The van der Waals surface area contributed by atoms with Crippen LogP contribution in [0.25, 0.3) is 0 Å². The quantitative estimate of drug-likeness (QED) is 0.921. The molecule has 0 aliphatic heterocycles. The number of rotatable bonds is 4. The summed E-state index contributed by atoms with van der Waals surface area (Å²) in [6.07, 6.45) is 3.16. The number of ether oxygens (including phenoxy) is 1. The SMILES string of the molecule is CC(C(=O)O)c1cc(F)cc(Br)c1OC1CCC1. The first-order chi connectivity index (χ1) is 8.49. The van der Waals surface area contributed by atoms with Crippen LogP contribution in [0.5, 0.6) is 5.75 Å². The molecular formula is C13H14BrFO3. The highest BCUT2D eigenvalue weighted by molar-refractivity contribution is 9.10. The number of aliphatic carboxylic acids is 1. The molecule has 0 aromatic heterocycles. The maximum Gasteiger partial charge on any atom is 0.310 e. The smallest absolute Gasteiger partial charge is 0.310 e. The minimum atomic E-state index is -0.994. The summed E-state index contributed by atoms with van der Waals surface area (Å²) < 4.78 is 19.6. The van der Waals surface area contributed by atoms with Gasteiger partial charge in [-0.1, -0.05) is 0 Å². The normalized spacial score (nSPS) is 17.1. The lowest BCUT2D eigenvalue weighted by atomic mass is 9.95. The highest BCUT2D eigenvalue weighted by atomic mass is 79.9. The lowest BCUT2D eigenvalue weighted by molar-refractivity contribution is -0.138. The van der Waals surface area contributed by atoms with Crippen LogP contribution < -0.4 is 4.74 Å². The van der Waals surface area contributed by atoms with Crippen molar-refractivity contribution < 1.29 is 19.0 Å². The fraction of sp³-hybridized carbons (Fsp3) is 0.462. The van der Waals surface area contributed by atoms with E-state index in [2.05, 4.69) is 15.9 Å². The van der Waals surface area contributed by atoms with Gasteiger partial charge < -0.3 is 9.84 Å². The van der Waals surface area contributed by atoms with Crippen molar-refractivity contribution in [3.63, 3.8) is 0 Å². The minimum absolute atomic E-state index is 0.117. The summed E-state index contributed by atoms with van der Waals surface area (Å²) in [4.78, 5) is 11.1. The van der Waals surface area contributed by atoms with Gasteiger partial charge in [-0.25, -0.2) is 4.39 Å². The fourth-order valence-corrected chi connectivity index (χ4v) is 2.36. The van der Waals surface area contributed by atoms with Gasteiger partial charge in [-0.3, -0.25) is 4.79 Å². The average Bonchev–Trinajstić information content (AvgIpc) is 2.23. The van der Waals surface area contributed by atoms with Crippen molar-refractivity contribution in [3.8, 4) is 5.75 Å². The molecule has 1 atom stereocenters. The van der Waals surface area contributed by atoms with Crippen molar-refractivity contribution in [2.75, 3.05) is 0 Å². The molecule has 0 spiro atoms. The van der Waals surface area contributed by atoms with Crippen LogP contribution in [0.3, 0.4) is 0 Å². The van der Waals surface area contributed by atoms with Gasteiger partial charge in [-0.2, -0.15) is 0 Å². The predicted molar refractivity (Wildman–Crippen MR) is 68.4 cm³/mol. The highest BCUT2D eigenvalue weighted by Gasteiger charge is 2.26. The van der Waals surface area contributed by atoms with Gasteiger partial charge in [-0.05, 0) is 54.2 Å². The van der Waals surface area contributed by atoms with Crippen LogP contribution in [-0.2, 0) is 4.79 Å². The highest BCUT2D eigenvalue weighted by Crippen LogP contribution is 2.38. The van der Waals surface area contributed by atoms with Gasteiger partial charge in [0.15, 0.2) is 0 Å². The third kappa shape index (κ3) is 2.66. The Hall–Kier alpha value is -1.10. The maximum absolute atomic E-state index is 13.4. The summed E-state index contributed by atoms with van der Waals surface area (Å²) in [5.41, 5.74) is 0.376. The lowest BCUT2D eigenvalue weighted by Gasteiger charge is -2.28. The third-order valence-electron chi connectivity index (χ3n) is 3.21. The zero-order valence-electron chi connectivity index (χ0n) is 9.95. The molecule has 5 heteroatoms. The van der Waals surface area contributed by atoms with Gasteiger partial charge in [0, 0.05) is 5.56 Å². The molecule has 1 aliphatic carbocycles. The Morgan fingerprint density at radius 1 is 1.56 bits per heavy atom. The van der Waals surface area contributed by atoms with Crippen LogP contribution in [-0.4, -0.2) is 17.2 Å². The number of hydrogen-bond acceptors (Lipinski definition) is 2. The molecule has 1 saturated carbocycles. The lowest BCUT2D eigenvalue weighted by Crippen LogP contribution is -2.25. The molecule has 98 valence electrons. The molecule has 3 nitrogen and oxygen atoms in total. The Balaban J connectivity index is 2.37. The first kappa shape index (κ1) is 13.3. The summed E-state index contributed by atoms with van der Waals surface area (Å²) in [5, 5.41) is 9.05. The van der Waals surface area contributed by atoms with Gasteiger partial charge in [0.05, 0.1) is 16.5 Å². The van der Waals surface area contributed by atoms with Crippen molar-refractivity contribution in [2.45, 2.75) is 38.2 Å². The first-order valence-corrected chi connectivity index (χ1v) is 6.66. The molecule has 1 aromatic carbocycles. The summed E-state index contributed by atoms with van der Waals surface area (Å²) in [6.45, 7) is 1.52. The first-order valence-electron chi connectivity index (χ1n) is 5.87. The second-order valence-corrected chi connectivity index (χ2v) is 5.39. The molecule has 1 unspecified atom stereocenters. The van der Waals surface area contributed by atoms with E-state index in [1.165, 1.54) is 19.1 Å². The van der Waals surface area contributed by atoms with E-state index in [9.17, 15) is 9.18 Å². The number of halogens is 2. The van der Waals surface area contributed by atoms with Crippen molar-refractivity contribution in [2.24, 2.45) is 0 Å². The molecule has 0 bridgehead atoms. The minimum Gasteiger partial charge on any atom is -0.489 e. The predicted octanol–water partition coefficient (Wildman–Crippen LogP) is 3.71. The Morgan fingerprint density at radius 3 is 2.72 bits per heavy atom. The third-order valence-corrected chi connectivity index (χ3v) is 3.80. The van der Waals surface area contributed by atoms with E-state index in [1.54, 1.807) is 0 Å². The van der Waals surface area contributed by atoms with Crippen LogP contribution in [0.15, 0.2) is 16.6 Å². The second kappa shape index (κ2) is 5.26. The molecule has 0 saturated heterocycles.